The average molecular weight is 2070 g/mol. The molecule has 48 nitrogen and oxygen atoms in total. The van der Waals surface area contributed by atoms with Gasteiger partial charge in [0, 0.05) is 44.3 Å². The second kappa shape index (κ2) is 59.4. The van der Waals surface area contributed by atoms with E-state index in [1.54, 1.807) is 112 Å². The van der Waals surface area contributed by atoms with Gasteiger partial charge in [0.25, 0.3) is 11.8 Å². The number of nitrogens with zero attached hydrogens (tertiary/aromatic N) is 22. The van der Waals surface area contributed by atoms with E-state index in [2.05, 4.69) is 89.9 Å². The monoisotopic (exact) mass is 2070 g/mol. The normalized spacial score (nSPS) is 23.0. The lowest BCUT2D eigenvalue weighted by Crippen LogP contribution is -2.45. The molecule has 1 aromatic carbocycles. The third-order valence-electron chi connectivity index (χ3n) is 24.1. The van der Waals surface area contributed by atoms with E-state index in [1.807, 2.05) is 13.8 Å². The first-order chi connectivity index (χ1) is 68.8. The Kier molecular flexibility index (Phi) is 49.9. The minimum absolute atomic E-state index is 0.0613. The van der Waals surface area contributed by atoms with Gasteiger partial charge in [-0.1, -0.05) is 137 Å². The highest BCUT2D eigenvalue weighted by Gasteiger charge is 2.43. The summed E-state index contributed by atoms with van der Waals surface area (Å²) >= 11 is 1.09. The molecule has 0 unspecified atom stereocenters. The minimum atomic E-state index is -1.78. The number of aliphatic imine (C=N–C) groups is 18. The van der Waals surface area contributed by atoms with Crippen LogP contribution in [0.2, 0.25) is 0 Å². The number of hydrogen-bond acceptors (Lipinski definition) is 26. The Labute approximate surface area is 853 Å². The summed E-state index contributed by atoms with van der Waals surface area (Å²) < 4.78 is 0. The van der Waals surface area contributed by atoms with E-state index in [0.717, 1.165) is 11.8 Å². The Bertz CT molecular complexity index is 5400. The standard InChI is InChI=1S/C97H148N24O24S/c1-20-52(13)76(94(142)113-67-47-146-42-39-100-91(139)74(50(9)10)114-85(133)64(43-49(7)8)111-88(67)136)116-83(131)60(23-4)106-87(135)66(46-122)105-73(125)45-101-81(129)62(35-37-71(98)123)110-93(141)77(53(14)21-2)117-92(140)75(51(11)12)115-86(134)65(44-58-31-27-26-28-32-58)112-84(132)63(36-38-72(99)124)109-80(128)55(16)102-78(126)54(15)103-82(130)59(22-3)107-90(138)70-34-29-40-119(70)96(144)61(24-5)108-79(127)56(17)104-89(137)69-33-30-41-120(69)97(145)68(25-6)121-48-118(19)57(18)95(121)143/h22-28,31-32,39,42,49-57,62-67,69-70,74-77,122H,20-21,29-30,33-38,40-41,43-48H2,1-19H3,(H2,98,123)(H2,99,124)(H,100,139)(H,101,129)(H,102,126)(H,103,130)(H,104,137)(H,105,125)(H,106,135)(H,107,138)(H,108,127)(H,109,128)(H,110,141)(H,111,136)(H,112,132)(H,113,142)(H,114,133)(H,115,134)(H,116,131)(H,117,140)/b42-39-,59-22-,60-23-,61-24-,68-25-/t52-,53-,54-,55-,56-,57+,62-,63-,64+,65+,66+,67+,69-,70-,74+,75+,76-,77-/m1/s1. The van der Waals surface area contributed by atoms with Gasteiger partial charge >= 0.3 is 0 Å². The zero-order valence-corrected chi connectivity index (χ0v) is 86.9. The van der Waals surface area contributed by atoms with Gasteiger partial charge in [-0.2, -0.15) is 0 Å². The summed E-state index contributed by atoms with van der Waals surface area (Å²) in [5, 5.41) is 255. The molecule has 0 aromatic heterocycles. The van der Waals surface area contributed by atoms with Crippen molar-refractivity contribution in [3.05, 3.63) is 94.6 Å². The van der Waals surface area contributed by atoms with Crippen LogP contribution in [0.3, 0.4) is 0 Å². The van der Waals surface area contributed by atoms with Crippen LogP contribution >= 0.6 is 11.8 Å². The second-order valence-electron chi connectivity index (χ2n) is 36.5. The number of amides is 3. The fourth-order valence-electron chi connectivity index (χ4n) is 15.0. The number of aliphatic hydroxyl groups excluding tert-OH is 21. The Morgan fingerprint density at radius 3 is 1.58 bits per heavy atom. The number of carbonyl (C=O) groups excluding carboxylic acids is 3. The fourth-order valence-corrected chi connectivity index (χ4v) is 15.7. The maximum absolute atomic E-state index is 14.2. The lowest BCUT2D eigenvalue weighted by atomic mass is 9.98. The molecule has 3 fully saturated rings. The molecule has 0 bridgehead atoms. The topological polar surface area (TPSA) is 759 Å². The number of rotatable bonds is 50. The zero-order valence-electron chi connectivity index (χ0n) is 86.1. The van der Waals surface area contributed by atoms with Crippen LogP contribution in [0.4, 0.5) is 0 Å². The first-order valence-corrected chi connectivity index (χ1v) is 49.4. The molecule has 3 amide bonds. The molecule has 4 aliphatic rings. The number of allylic oxidation sites excluding steroid dienone is 4. The van der Waals surface area contributed by atoms with Crippen molar-refractivity contribution < 1.29 is 122 Å². The summed E-state index contributed by atoms with van der Waals surface area (Å²) in [5.74, 6) is -19.2. The van der Waals surface area contributed by atoms with E-state index in [9.17, 15) is 122 Å². The van der Waals surface area contributed by atoms with Crippen LogP contribution in [0.5, 0.6) is 0 Å². The summed E-state index contributed by atoms with van der Waals surface area (Å²) in [4.78, 5) is 123. The van der Waals surface area contributed by atoms with Gasteiger partial charge in [-0.05, 0) is 148 Å². The predicted octanol–water partition coefficient (Wildman–Crippen LogP) is 13.3. The summed E-state index contributed by atoms with van der Waals surface area (Å²) in [6, 6.07) is -12.4. The Morgan fingerprint density at radius 1 is 0.527 bits per heavy atom. The zero-order chi connectivity index (χ0) is 110. The van der Waals surface area contributed by atoms with Crippen LogP contribution in [0.15, 0.2) is 179 Å². The summed E-state index contributed by atoms with van der Waals surface area (Å²) in [7, 11) is 1.76. The van der Waals surface area contributed by atoms with Gasteiger partial charge in [0.2, 0.25) is 112 Å². The van der Waals surface area contributed by atoms with E-state index < -0.39 is 283 Å². The van der Waals surface area contributed by atoms with Crippen LogP contribution < -0.4 is 0 Å². The Hall–Kier alpha value is -14.0. The summed E-state index contributed by atoms with van der Waals surface area (Å²) in [6.45, 7) is 27.5. The SMILES string of the molecule is C/C=C(\N=C(O)[C@@H](C)N=C(O)[C@H]1CCCN1C(=O)/C(=C/C)N1CN(C)[C@@H](C)C1=O)C(=O)N1CCC[C@@H]1C(O)=N/C(=C\C)C(O)=N[C@H](C)C(O)=N[C@H](C)C(O)=N[C@H](CCC(=N)O)C(O)=N[C@@H](Cc1ccccc1)C(O)=N[C@H](C(O)=N[C@@H](C(O)=N[C@H](CCC(=N)O)C(O)=NCC(O)=N[C@@H](CO)C(O)=N/C(=C\C)C(O)=N[C@@H](C(O)=N[C@H]1CS/C=C\N=C(O)[C@H](C(C)C)N=C(O)[C@H](CC(C)C)N=C1O)[C@H](C)CC)[C@H](C)CC)C(C)C. The van der Waals surface area contributed by atoms with Gasteiger partial charge in [-0.15, -0.1) is 11.8 Å². The van der Waals surface area contributed by atoms with Crippen LogP contribution in [0.25, 0.3) is 0 Å². The van der Waals surface area contributed by atoms with Gasteiger partial charge in [0.1, 0.15) is 114 Å². The molecule has 1 aromatic rings. The van der Waals surface area contributed by atoms with E-state index in [0.29, 0.717) is 31.2 Å². The number of nitrogens with one attached hydrogen (secondary N) is 2. The van der Waals surface area contributed by atoms with Gasteiger partial charge in [0.15, 0.2) is 17.8 Å². The number of benzene rings is 1. The van der Waals surface area contributed by atoms with Gasteiger partial charge in [-0.3, -0.25) is 35.0 Å². The highest BCUT2D eigenvalue weighted by Crippen LogP contribution is 2.30. The molecule has 5 rings (SSSR count). The molecule has 23 N–H and O–H groups in total. The van der Waals surface area contributed by atoms with E-state index in [1.165, 1.54) is 92.2 Å². The molecule has 4 heterocycles. The highest BCUT2D eigenvalue weighted by molar-refractivity contribution is 8.02. The van der Waals surface area contributed by atoms with Gasteiger partial charge < -0.3 is 117 Å². The first-order valence-electron chi connectivity index (χ1n) is 48.3. The molecule has 3 saturated heterocycles. The largest absolute Gasteiger partial charge is 0.497 e. The lowest BCUT2D eigenvalue weighted by Gasteiger charge is -2.28. The van der Waals surface area contributed by atoms with E-state index in [4.69, 9.17) is 10.8 Å². The third-order valence-corrected chi connectivity index (χ3v) is 24.9. The van der Waals surface area contributed by atoms with E-state index in [-0.39, 0.29) is 91.9 Å². The van der Waals surface area contributed by atoms with Crippen molar-refractivity contribution in [1.82, 2.24) is 19.6 Å². The molecule has 0 radical (unpaired) electrons. The van der Waals surface area contributed by atoms with Crippen molar-refractivity contribution in [2.45, 2.75) is 298 Å². The van der Waals surface area contributed by atoms with Crippen molar-refractivity contribution in [2.75, 3.05) is 45.7 Å². The minimum Gasteiger partial charge on any atom is -0.497 e. The van der Waals surface area contributed by atoms with Crippen molar-refractivity contribution >= 4 is 147 Å². The van der Waals surface area contributed by atoms with Crippen molar-refractivity contribution in [1.29, 1.82) is 10.8 Å². The molecule has 146 heavy (non-hydrogen) atoms. The Balaban J connectivity index is 1.39. The molecular weight excluding hydrogens is 1920 g/mol. The number of thioether (sulfide) groups is 1. The molecule has 18 atom stereocenters. The molecule has 4 aliphatic heterocycles. The quantitative estimate of drug-likeness (QED) is 0.0164. The number of likely N-dealkylation sites (N-methyl/N-ethyl adjacent to an activating group) is 1. The summed E-state index contributed by atoms with van der Waals surface area (Å²) in [6.07, 6.45) is 6.82. The number of hydrogen-bond donors (Lipinski definition) is 23. The van der Waals surface area contributed by atoms with Crippen LogP contribution in [0, 0.1) is 40.4 Å². The number of likely N-dealkylation sites (tertiary alicyclic amines) is 2. The van der Waals surface area contributed by atoms with Crippen LogP contribution in [-0.4, -0.2) is 405 Å². The number of carbonyl (C=O) groups is 3. The van der Waals surface area contributed by atoms with Crippen LogP contribution in [0.1, 0.15) is 201 Å². The van der Waals surface area contributed by atoms with Crippen LogP contribution in [-0.2, 0) is 20.8 Å². The molecule has 0 spiro atoms. The van der Waals surface area contributed by atoms with Gasteiger partial charge in [-0.25, -0.2) is 89.9 Å². The van der Waals surface area contributed by atoms with Gasteiger partial charge in [0.05, 0.1) is 19.3 Å². The first kappa shape index (κ1) is 122. The molecule has 0 saturated carbocycles. The summed E-state index contributed by atoms with van der Waals surface area (Å²) in [5.41, 5.74) is -0.363. The Morgan fingerprint density at radius 2 is 1.03 bits per heavy atom. The van der Waals surface area contributed by atoms with Crippen molar-refractivity contribution in [3.8, 4) is 0 Å². The number of aliphatic hydroxyl groups is 21. The third kappa shape index (κ3) is 36.6. The molecular formula is C97H148N24O24S. The maximum atomic E-state index is 14.2. The van der Waals surface area contributed by atoms with Crippen molar-refractivity contribution in [2.24, 2.45) is 119 Å². The molecule has 0 aliphatic carbocycles. The lowest BCUT2D eigenvalue weighted by molar-refractivity contribution is -0.134. The predicted molar refractivity (Wildman–Crippen MR) is 572 cm³/mol. The second-order valence-corrected chi connectivity index (χ2v) is 37.4. The average Bonchev–Trinajstić information content (AvgIpc) is 1.64. The smallest absolute Gasteiger partial charge is 0.272 e. The fraction of sp³-hybridized carbons (Fsp3) is 0.598. The van der Waals surface area contributed by atoms with Crippen molar-refractivity contribution in [3.63, 3.8) is 0 Å². The molecule has 49 heteroatoms. The molecule has 806 valence electrons. The highest BCUT2D eigenvalue weighted by atomic mass is 32.2. The maximum Gasteiger partial charge on any atom is 0.272 e. The van der Waals surface area contributed by atoms with E-state index >= 15 is 0 Å².